The van der Waals surface area contributed by atoms with E-state index in [2.05, 4.69) is 4.72 Å². The molecule has 10 heteroatoms. The third-order valence-corrected chi connectivity index (χ3v) is 6.95. The third kappa shape index (κ3) is 3.96. The average Bonchev–Trinajstić information content (AvgIpc) is 2.60. The number of alkyl halides is 2. The summed E-state index contributed by atoms with van der Waals surface area (Å²) in [6.07, 6.45) is -3.87. The maximum Gasteiger partial charge on any atom is 0.314 e. The van der Waals surface area contributed by atoms with Gasteiger partial charge >= 0.3 is 11.9 Å². The highest BCUT2D eigenvalue weighted by molar-refractivity contribution is 7.92. The van der Waals surface area contributed by atoms with Gasteiger partial charge in [0.1, 0.15) is 0 Å². The molecule has 1 aromatic carbocycles. The Bertz CT molecular complexity index is 875. The van der Waals surface area contributed by atoms with Crippen molar-refractivity contribution >= 4 is 27.6 Å². The fourth-order valence-corrected chi connectivity index (χ4v) is 4.52. The van der Waals surface area contributed by atoms with Crippen molar-refractivity contribution < 1.29 is 37.0 Å². The van der Waals surface area contributed by atoms with Gasteiger partial charge in [-0.1, -0.05) is 12.1 Å². The molecule has 0 amide bonds. The van der Waals surface area contributed by atoms with E-state index >= 15 is 0 Å². The van der Waals surface area contributed by atoms with Gasteiger partial charge in [-0.3, -0.25) is 14.3 Å². The van der Waals surface area contributed by atoms with Crippen LogP contribution in [0, 0.1) is 11.3 Å². The summed E-state index contributed by atoms with van der Waals surface area (Å²) >= 11 is 0. The molecule has 3 unspecified atom stereocenters. The van der Waals surface area contributed by atoms with Crippen LogP contribution in [0.5, 0.6) is 0 Å². The molecule has 0 aromatic heterocycles. The standard InChI is InChI=1S/C18H23F2NO6S/c1-3-28(26,27)21-12-6-4-5-11(9-12)18(16(24)25)8-7-13(14(19)20)17(2,10-18)15(22)23/h4-6,9,13-14,21H,3,7-8,10H2,1-2H3,(H,22,23)(H,24,25). The Morgan fingerprint density at radius 1 is 1.29 bits per heavy atom. The second-order valence-corrected chi connectivity index (χ2v) is 9.36. The number of halogens is 2. The molecule has 0 saturated heterocycles. The van der Waals surface area contributed by atoms with E-state index in [1.54, 1.807) is 0 Å². The van der Waals surface area contributed by atoms with E-state index in [4.69, 9.17) is 0 Å². The molecule has 1 saturated carbocycles. The molecule has 0 radical (unpaired) electrons. The zero-order valence-electron chi connectivity index (χ0n) is 15.5. The summed E-state index contributed by atoms with van der Waals surface area (Å²) in [5.41, 5.74) is -3.35. The first-order valence-corrected chi connectivity index (χ1v) is 10.4. The van der Waals surface area contributed by atoms with Crippen molar-refractivity contribution in [3.8, 4) is 0 Å². The van der Waals surface area contributed by atoms with Crippen molar-refractivity contribution in [2.75, 3.05) is 10.5 Å². The summed E-state index contributed by atoms with van der Waals surface area (Å²) in [7, 11) is -3.61. The number of carbonyl (C=O) groups is 2. The highest BCUT2D eigenvalue weighted by Crippen LogP contribution is 2.53. The Morgan fingerprint density at radius 3 is 2.43 bits per heavy atom. The molecular formula is C18H23F2NO6S. The maximum absolute atomic E-state index is 13.4. The van der Waals surface area contributed by atoms with Crippen molar-refractivity contribution in [3.63, 3.8) is 0 Å². The lowest BCUT2D eigenvalue weighted by molar-refractivity contribution is -0.167. The summed E-state index contributed by atoms with van der Waals surface area (Å²) < 4.78 is 52.8. The number of carboxylic acids is 2. The monoisotopic (exact) mass is 419 g/mol. The molecule has 1 aromatic rings. The summed E-state index contributed by atoms with van der Waals surface area (Å²) in [5, 5.41) is 19.5. The predicted molar refractivity (Wildman–Crippen MR) is 97.9 cm³/mol. The average molecular weight is 419 g/mol. The van der Waals surface area contributed by atoms with E-state index in [0.29, 0.717) is 0 Å². The van der Waals surface area contributed by atoms with Crippen LogP contribution >= 0.6 is 0 Å². The number of nitrogens with one attached hydrogen (secondary N) is 1. The van der Waals surface area contributed by atoms with E-state index < -0.39 is 51.6 Å². The molecule has 1 aliphatic carbocycles. The number of carboxylic acid groups (broad SMARTS) is 2. The topological polar surface area (TPSA) is 121 Å². The van der Waals surface area contributed by atoms with E-state index in [0.717, 1.165) is 6.92 Å². The van der Waals surface area contributed by atoms with Crippen LogP contribution in [0.3, 0.4) is 0 Å². The van der Waals surface area contributed by atoms with Gasteiger partial charge < -0.3 is 10.2 Å². The Morgan fingerprint density at radius 2 is 1.93 bits per heavy atom. The highest BCUT2D eigenvalue weighted by atomic mass is 32.2. The van der Waals surface area contributed by atoms with Crippen LogP contribution in [0.25, 0.3) is 0 Å². The first-order valence-electron chi connectivity index (χ1n) is 8.74. The predicted octanol–water partition coefficient (Wildman–Crippen LogP) is 2.93. The highest BCUT2D eigenvalue weighted by Gasteiger charge is 2.58. The Balaban J connectivity index is 2.54. The number of sulfonamides is 1. The van der Waals surface area contributed by atoms with E-state index in [1.165, 1.54) is 31.2 Å². The normalized spacial score (nSPS) is 28.1. The van der Waals surface area contributed by atoms with Crippen LogP contribution in [0.4, 0.5) is 14.5 Å². The quantitative estimate of drug-likeness (QED) is 0.625. The first-order chi connectivity index (χ1) is 12.9. The summed E-state index contributed by atoms with van der Waals surface area (Å²) in [6, 6.07) is 5.66. The van der Waals surface area contributed by atoms with Gasteiger partial charge in [0, 0.05) is 11.6 Å². The van der Waals surface area contributed by atoms with Crippen LogP contribution in [0.15, 0.2) is 24.3 Å². The molecule has 156 valence electrons. The minimum atomic E-state index is -3.61. The lowest BCUT2D eigenvalue weighted by Crippen LogP contribution is -2.52. The zero-order valence-corrected chi connectivity index (χ0v) is 16.3. The summed E-state index contributed by atoms with van der Waals surface area (Å²) in [5.74, 6) is -4.47. The molecule has 0 spiro atoms. The number of rotatable bonds is 7. The number of benzene rings is 1. The van der Waals surface area contributed by atoms with Crippen LogP contribution in [0.1, 0.15) is 38.7 Å². The van der Waals surface area contributed by atoms with Crippen LogP contribution in [0.2, 0.25) is 0 Å². The minimum Gasteiger partial charge on any atom is -0.481 e. The van der Waals surface area contributed by atoms with Crippen molar-refractivity contribution in [1.29, 1.82) is 0 Å². The molecule has 0 aliphatic heterocycles. The van der Waals surface area contributed by atoms with Gasteiger partial charge in [0.05, 0.1) is 16.6 Å². The number of aliphatic carboxylic acids is 2. The van der Waals surface area contributed by atoms with Crippen LogP contribution < -0.4 is 4.72 Å². The molecule has 7 nitrogen and oxygen atoms in total. The minimum absolute atomic E-state index is 0.132. The lowest BCUT2D eigenvalue weighted by Gasteiger charge is -2.46. The van der Waals surface area contributed by atoms with Crippen molar-refractivity contribution in [3.05, 3.63) is 29.8 Å². The Hall–Kier alpha value is -2.23. The van der Waals surface area contributed by atoms with E-state index in [-0.39, 0.29) is 29.8 Å². The fraction of sp³-hybridized carbons (Fsp3) is 0.556. The first kappa shape index (κ1) is 22.1. The van der Waals surface area contributed by atoms with E-state index in [9.17, 15) is 37.0 Å². The molecule has 1 aliphatic rings. The molecule has 1 fully saturated rings. The Kier molecular flexibility index (Phi) is 6.03. The van der Waals surface area contributed by atoms with Gasteiger partial charge in [-0.2, -0.15) is 0 Å². The number of hydrogen-bond acceptors (Lipinski definition) is 4. The second-order valence-electron chi connectivity index (χ2n) is 7.35. The largest absolute Gasteiger partial charge is 0.481 e. The van der Waals surface area contributed by atoms with Crippen LogP contribution in [-0.4, -0.2) is 42.7 Å². The van der Waals surface area contributed by atoms with Crippen molar-refractivity contribution in [2.45, 2.75) is 45.0 Å². The molecule has 3 atom stereocenters. The lowest BCUT2D eigenvalue weighted by atomic mass is 9.56. The van der Waals surface area contributed by atoms with Gasteiger partial charge in [0.15, 0.2) is 0 Å². The molecule has 0 bridgehead atoms. The van der Waals surface area contributed by atoms with Gasteiger partial charge in [0.25, 0.3) is 0 Å². The van der Waals surface area contributed by atoms with Gasteiger partial charge in [-0.25, -0.2) is 17.2 Å². The smallest absolute Gasteiger partial charge is 0.314 e. The second kappa shape index (κ2) is 7.65. The summed E-state index contributed by atoms with van der Waals surface area (Å²) in [6.45, 7) is 2.58. The van der Waals surface area contributed by atoms with E-state index in [1.807, 2.05) is 0 Å². The third-order valence-electron chi connectivity index (χ3n) is 5.64. The van der Waals surface area contributed by atoms with Gasteiger partial charge in [-0.15, -0.1) is 0 Å². The SMILES string of the molecule is CCS(=O)(=O)Nc1cccc(C2(C(=O)O)CCC(C(F)F)C(C)(C(=O)O)C2)c1. The maximum atomic E-state index is 13.4. The number of hydrogen-bond donors (Lipinski definition) is 3. The van der Waals surface area contributed by atoms with Gasteiger partial charge in [0.2, 0.25) is 16.4 Å². The van der Waals surface area contributed by atoms with Crippen molar-refractivity contribution in [2.24, 2.45) is 11.3 Å². The summed E-state index contributed by atoms with van der Waals surface area (Å²) in [4.78, 5) is 24.0. The molecule has 0 heterocycles. The molecule has 28 heavy (non-hydrogen) atoms. The van der Waals surface area contributed by atoms with Gasteiger partial charge in [-0.05, 0) is 50.8 Å². The Labute approximate surface area is 161 Å². The fourth-order valence-electron chi connectivity index (χ4n) is 3.89. The van der Waals surface area contributed by atoms with Crippen molar-refractivity contribution in [1.82, 2.24) is 0 Å². The molecular weight excluding hydrogens is 396 g/mol. The molecule has 2 rings (SSSR count). The zero-order chi connectivity index (χ0) is 21.3. The van der Waals surface area contributed by atoms with Crippen LogP contribution in [-0.2, 0) is 25.0 Å². The molecule has 3 N–H and O–H groups in total. The number of anilines is 1.